The van der Waals surface area contributed by atoms with Gasteiger partial charge in [-0.15, -0.1) is 0 Å². The zero-order valence-corrected chi connectivity index (χ0v) is 16.3. The number of carboxylic acid groups (broad SMARTS) is 1. The Balaban J connectivity index is 1.28. The first-order valence-electron chi connectivity index (χ1n) is 10.3. The molecular weight excluding hydrogens is 358 g/mol. The van der Waals surface area contributed by atoms with Gasteiger partial charge < -0.3 is 20.2 Å². The number of nitrogens with zero attached hydrogens (tertiary/aromatic N) is 4. The number of hydrogen-bond donors (Lipinski definition) is 2. The molecule has 0 bridgehead atoms. The fourth-order valence-electron chi connectivity index (χ4n) is 4.43. The van der Waals surface area contributed by atoms with Crippen LogP contribution in [0.5, 0.6) is 0 Å². The van der Waals surface area contributed by atoms with Crippen molar-refractivity contribution in [3.05, 3.63) is 23.4 Å². The van der Waals surface area contributed by atoms with E-state index in [1.165, 1.54) is 12.0 Å². The highest BCUT2D eigenvalue weighted by atomic mass is 16.4. The summed E-state index contributed by atoms with van der Waals surface area (Å²) < 4.78 is 0. The smallest absolute Gasteiger partial charge is 0.320 e. The topological polar surface area (TPSA) is 89.0 Å². The lowest BCUT2D eigenvalue weighted by atomic mass is 9.92. The SMILES string of the molecule is O=C(O)CN1CCN(C(=O)N2CCC(c3ccc4c(n3)NCCC4)CC2)CC1. The van der Waals surface area contributed by atoms with E-state index in [1.54, 1.807) is 0 Å². The Morgan fingerprint density at radius 2 is 1.79 bits per heavy atom. The lowest BCUT2D eigenvalue weighted by Crippen LogP contribution is -2.54. The van der Waals surface area contributed by atoms with Gasteiger partial charge in [0.15, 0.2) is 0 Å². The summed E-state index contributed by atoms with van der Waals surface area (Å²) in [7, 11) is 0. The molecule has 0 aromatic carbocycles. The van der Waals surface area contributed by atoms with Crippen LogP contribution in [0.25, 0.3) is 0 Å². The number of carbonyl (C=O) groups excluding carboxylic acids is 1. The molecule has 2 saturated heterocycles. The first-order valence-corrected chi connectivity index (χ1v) is 10.3. The number of carboxylic acids is 1. The molecule has 8 heteroatoms. The molecule has 4 heterocycles. The summed E-state index contributed by atoms with van der Waals surface area (Å²) in [6, 6.07) is 4.46. The second-order valence-electron chi connectivity index (χ2n) is 7.98. The molecule has 8 nitrogen and oxygen atoms in total. The third-order valence-corrected chi connectivity index (χ3v) is 6.10. The molecule has 0 atom stereocenters. The van der Waals surface area contributed by atoms with Crippen LogP contribution in [-0.2, 0) is 11.2 Å². The second kappa shape index (κ2) is 8.34. The van der Waals surface area contributed by atoms with Gasteiger partial charge in [-0.3, -0.25) is 9.69 Å². The van der Waals surface area contributed by atoms with Gasteiger partial charge >= 0.3 is 12.0 Å². The normalized spacial score (nSPS) is 21.1. The van der Waals surface area contributed by atoms with Gasteiger partial charge in [0.2, 0.25) is 0 Å². The molecule has 28 heavy (non-hydrogen) atoms. The minimum atomic E-state index is -0.812. The van der Waals surface area contributed by atoms with Crippen molar-refractivity contribution in [2.24, 2.45) is 0 Å². The van der Waals surface area contributed by atoms with Crippen LogP contribution < -0.4 is 5.32 Å². The number of urea groups is 1. The van der Waals surface area contributed by atoms with Gasteiger partial charge in [-0.1, -0.05) is 6.07 Å². The van der Waals surface area contributed by atoms with Gasteiger partial charge in [-0.25, -0.2) is 9.78 Å². The summed E-state index contributed by atoms with van der Waals surface area (Å²) in [5, 5.41) is 12.3. The predicted molar refractivity (Wildman–Crippen MR) is 106 cm³/mol. The Hall–Kier alpha value is -2.35. The van der Waals surface area contributed by atoms with Gasteiger partial charge in [-0.05, 0) is 37.3 Å². The molecule has 0 aliphatic carbocycles. The van der Waals surface area contributed by atoms with Gasteiger partial charge in [-0.2, -0.15) is 0 Å². The summed E-state index contributed by atoms with van der Waals surface area (Å²) in [5.41, 5.74) is 2.45. The Morgan fingerprint density at radius 1 is 1.07 bits per heavy atom. The maximum atomic E-state index is 12.8. The molecule has 4 rings (SSSR count). The average molecular weight is 387 g/mol. The molecule has 3 aliphatic heterocycles. The summed E-state index contributed by atoms with van der Waals surface area (Å²) in [6.45, 7) is 5.01. The highest BCUT2D eigenvalue weighted by molar-refractivity contribution is 5.75. The number of piperazine rings is 1. The van der Waals surface area contributed by atoms with Crippen LogP contribution in [0.3, 0.4) is 0 Å². The maximum absolute atomic E-state index is 12.8. The highest BCUT2D eigenvalue weighted by Crippen LogP contribution is 2.30. The van der Waals surface area contributed by atoms with Crippen molar-refractivity contribution in [3.63, 3.8) is 0 Å². The summed E-state index contributed by atoms with van der Waals surface area (Å²) in [5.74, 6) is 0.639. The Morgan fingerprint density at radius 3 is 2.50 bits per heavy atom. The van der Waals surface area contributed by atoms with E-state index >= 15 is 0 Å². The molecule has 2 fully saturated rings. The van der Waals surface area contributed by atoms with E-state index < -0.39 is 5.97 Å². The number of rotatable bonds is 3. The van der Waals surface area contributed by atoms with Crippen LogP contribution in [0, 0.1) is 0 Å². The molecule has 0 unspecified atom stereocenters. The second-order valence-corrected chi connectivity index (χ2v) is 7.98. The maximum Gasteiger partial charge on any atom is 0.320 e. The number of hydrogen-bond acceptors (Lipinski definition) is 5. The number of aliphatic carboxylic acids is 1. The molecule has 2 N–H and O–H groups in total. The van der Waals surface area contributed by atoms with Crippen molar-refractivity contribution in [2.45, 2.75) is 31.6 Å². The van der Waals surface area contributed by atoms with Crippen molar-refractivity contribution in [3.8, 4) is 0 Å². The van der Waals surface area contributed by atoms with Crippen molar-refractivity contribution >= 4 is 17.8 Å². The molecule has 152 valence electrons. The number of fused-ring (bicyclic) bond motifs is 1. The van der Waals surface area contributed by atoms with Gasteiger partial charge in [0.1, 0.15) is 5.82 Å². The summed E-state index contributed by atoms with van der Waals surface area (Å²) in [6.07, 6.45) is 4.15. The minimum Gasteiger partial charge on any atom is -0.480 e. The van der Waals surface area contributed by atoms with Crippen LogP contribution in [0.4, 0.5) is 10.6 Å². The van der Waals surface area contributed by atoms with Crippen LogP contribution in [0.15, 0.2) is 12.1 Å². The third-order valence-electron chi connectivity index (χ3n) is 6.10. The quantitative estimate of drug-likeness (QED) is 0.816. The molecule has 0 radical (unpaired) electrons. The molecular formula is C20H29N5O3. The number of amides is 2. The number of nitrogens with one attached hydrogen (secondary N) is 1. The Kier molecular flexibility index (Phi) is 5.66. The largest absolute Gasteiger partial charge is 0.480 e. The summed E-state index contributed by atoms with van der Waals surface area (Å²) in [4.78, 5) is 34.2. The van der Waals surface area contributed by atoms with Crippen molar-refractivity contribution in [1.82, 2.24) is 19.7 Å². The number of anilines is 1. The van der Waals surface area contributed by atoms with E-state index in [0.717, 1.165) is 50.4 Å². The zero-order chi connectivity index (χ0) is 19.5. The highest BCUT2D eigenvalue weighted by Gasteiger charge is 2.30. The average Bonchev–Trinajstić information content (AvgIpc) is 2.73. The van der Waals surface area contributed by atoms with Crippen LogP contribution in [0.1, 0.15) is 36.4 Å². The standard InChI is InChI=1S/C20H29N5O3/c26-18(27)14-23-10-12-25(13-11-23)20(28)24-8-5-15(6-9-24)17-4-3-16-2-1-7-21-19(16)22-17/h3-4,15H,1-2,5-14H2,(H,21,22)(H,26,27). The summed E-state index contributed by atoms with van der Waals surface area (Å²) >= 11 is 0. The minimum absolute atomic E-state index is 0.0516. The number of likely N-dealkylation sites (tertiary alicyclic amines) is 1. The van der Waals surface area contributed by atoms with E-state index in [4.69, 9.17) is 10.1 Å². The first-order chi connectivity index (χ1) is 13.6. The van der Waals surface area contributed by atoms with Gasteiger partial charge in [0, 0.05) is 57.4 Å². The lowest BCUT2D eigenvalue weighted by molar-refractivity contribution is -0.138. The predicted octanol–water partition coefficient (Wildman–Crippen LogP) is 1.44. The lowest BCUT2D eigenvalue weighted by Gasteiger charge is -2.39. The van der Waals surface area contributed by atoms with Gasteiger partial charge in [0.25, 0.3) is 0 Å². The number of pyridine rings is 1. The monoisotopic (exact) mass is 387 g/mol. The van der Waals surface area contributed by atoms with Crippen LogP contribution in [-0.4, -0.2) is 89.1 Å². The van der Waals surface area contributed by atoms with E-state index in [1.807, 2.05) is 14.7 Å². The first kappa shape index (κ1) is 19.0. The number of aryl methyl sites for hydroxylation is 1. The van der Waals surface area contributed by atoms with E-state index in [-0.39, 0.29) is 12.6 Å². The number of piperidine rings is 1. The fraction of sp³-hybridized carbons (Fsp3) is 0.650. The van der Waals surface area contributed by atoms with Crippen molar-refractivity contribution < 1.29 is 14.7 Å². The third kappa shape index (κ3) is 4.22. The van der Waals surface area contributed by atoms with E-state index in [9.17, 15) is 9.59 Å². The molecule has 0 spiro atoms. The molecule has 1 aromatic heterocycles. The molecule has 0 saturated carbocycles. The molecule has 3 aliphatic rings. The van der Waals surface area contributed by atoms with Gasteiger partial charge in [0.05, 0.1) is 6.54 Å². The molecule has 2 amide bonds. The van der Waals surface area contributed by atoms with Crippen molar-refractivity contribution in [1.29, 1.82) is 0 Å². The Bertz CT molecular complexity index is 725. The zero-order valence-electron chi connectivity index (χ0n) is 16.3. The number of aromatic nitrogens is 1. The van der Waals surface area contributed by atoms with E-state index in [2.05, 4.69) is 17.4 Å². The molecule has 1 aromatic rings. The van der Waals surface area contributed by atoms with Crippen LogP contribution >= 0.6 is 0 Å². The fourth-order valence-corrected chi connectivity index (χ4v) is 4.43. The Labute approximate surface area is 165 Å². The van der Waals surface area contributed by atoms with Crippen molar-refractivity contribution in [2.75, 3.05) is 57.7 Å². The van der Waals surface area contributed by atoms with Crippen LogP contribution in [0.2, 0.25) is 0 Å². The van der Waals surface area contributed by atoms with E-state index in [0.29, 0.717) is 32.1 Å². The number of carbonyl (C=O) groups is 2.